The smallest absolute Gasteiger partial charge is 0.210 e. The molecule has 0 rings (SSSR count). The van der Waals surface area contributed by atoms with E-state index in [1.807, 2.05) is 6.92 Å². The first-order chi connectivity index (χ1) is 3.77. The molecule has 0 fully saturated rings. The third-order valence-electron chi connectivity index (χ3n) is 0.384. The topological polar surface area (TPSA) is 85.7 Å². The largest absolute Gasteiger partial charge is 0.369 e. The summed E-state index contributed by atoms with van der Waals surface area (Å²) in [6, 6.07) is 0. The van der Waals surface area contributed by atoms with Gasteiger partial charge in [-0.2, -0.15) is 5.59 Å². The van der Waals surface area contributed by atoms with Crippen molar-refractivity contribution < 1.29 is 4.84 Å². The molecule has 5 N–H and O–H groups in total. The summed E-state index contributed by atoms with van der Waals surface area (Å²) in [7, 11) is 0. The quantitative estimate of drug-likeness (QED) is 0.186. The maximum atomic E-state index is 4.92. The number of rotatable bonds is 3. The fraction of sp³-hybridized carbons (Fsp3) is 0.667. The van der Waals surface area contributed by atoms with E-state index in [1.54, 1.807) is 0 Å². The molecule has 0 radical (unpaired) electrons. The number of hydrogen-bond donors (Lipinski definition) is 3. The van der Waals surface area contributed by atoms with E-state index >= 15 is 0 Å². The van der Waals surface area contributed by atoms with E-state index in [0.717, 1.165) is 0 Å². The average molecular weight is 118 g/mol. The lowest BCUT2D eigenvalue weighted by Crippen LogP contribution is -2.26. The van der Waals surface area contributed by atoms with Gasteiger partial charge in [0.05, 0.1) is 6.61 Å². The summed E-state index contributed by atoms with van der Waals surface area (Å²) in [5.41, 5.74) is 12.0. The Labute approximate surface area is 47.6 Å². The third kappa shape index (κ3) is 5.03. The second kappa shape index (κ2) is 4.20. The van der Waals surface area contributed by atoms with Crippen LogP contribution in [0.1, 0.15) is 6.92 Å². The monoisotopic (exact) mass is 118 g/mol. The van der Waals surface area contributed by atoms with Crippen LogP contribution in [0.2, 0.25) is 0 Å². The van der Waals surface area contributed by atoms with Crippen LogP contribution in [0.15, 0.2) is 5.10 Å². The number of nitrogens with zero attached hydrogens (tertiary/aromatic N) is 1. The van der Waals surface area contributed by atoms with Crippen molar-refractivity contribution in [3.05, 3.63) is 0 Å². The molecule has 0 unspecified atom stereocenters. The molecule has 0 atom stereocenters. The van der Waals surface area contributed by atoms with E-state index < -0.39 is 0 Å². The van der Waals surface area contributed by atoms with Crippen LogP contribution in [0.4, 0.5) is 0 Å². The highest BCUT2D eigenvalue weighted by Crippen LogP contribution is 1.61. The van der Waals surface area contributed by atoms with Gasteiger partial charge in [-0.15, -0.1) is 5.10 Å². The van der Waals surface area contributed by atoms with Gasteiger partial charge in [0, 0.05) is 0 Å². The average Bonchev–Trinajstić information content (AvgIpc) is 1.66. The molecule has 0 spiro atoms. The Morgan fingerprint density at radius 1 is 1.75 bits per heavy atom. The molecule has 5 heteroatoms. The molecule has 5 nitrogen and oxygen atoms in total. The predicted molar refractivity (Wildman–Crippen MR) is 30.6 cm³/mol. The Kier molecular flexibility index (Phi) is 3.69. The second-order valence-corrected chi connectivity index (χ2v) is 1.06. The Morgan fingerprint density at radius 3 is 2.75 bits per heavy atom. The minimum atomic E-state index is -0.0431. The Balaban J connectivity index is 3.03. The van der Waals surface area contributed by atoms with Gasteiger partial charge in [-0.05, 0) is 6.92 Å². The zero-order valence-electron chi connectivity index (χ0n) is 4.72. The molecule has 0 amide bonds. The molecule has 48 valence electrons. The Hall–Kier alpha value is -0.970. The molecule has 0 aromatic rings. The minimum Gasteiger partial charge on any atom is -0.369 e. The predicted octanol–water partition coefficient (Wildman–Crippen LogP) is -1.28. The zero-order valence-corrected chi connectivity index (χ0v) is 4.72. The minimum absolute atomic E-state index is 0.0431. The van der Waals surface area contributed by atoms with Gasteiger partial charge in [-0.3, -0.25) is 4.84 Å². The van der Waals surface area contributed by atoms with E-state index in [-0.39, 0.29) is 5.96 Å². The van der Waals surface area contributed by atoms with Crippen LogP contribution in [-0.2, 0) is 4.84 Å². The molecule has 0 aliphatic heterocycles. The fourth-order valence-corrected chi connectivity index (χ4v) is 0.150. The van der Waals surface area contributed by atoms with Crippen LogP contribution in [0, 0.1) is 0 Å². The first kappa shape index (κ1) is 7.03. The van der Waals surface area contributed by atoms with Crippen LogP contribution in [0.3, 0.4) is 0 Å². The summed E-state index contributed by atoms with van der Waals surface area (Å²) in [4.78, 5) is 4.55. The van der Waals surface area contributed by atoms with Crippen molar-refractivity contribution in [2.45, 2.75) is 6.92 Å². The number of hydrazone groups is 1. The van der Waals surface area contributed by atoms with Crippen molar-refractivity contribution in [3.8, 4) is 0 Å². The number of guanidine groups is 1. The molecule has 0 aliphatic carbocycles. The summed E-state index contributed by atoms with van der Waals surface area (Å²) in [6.07, 6.45) is 0. The molecule has 8 heavy (non-hydrogen) atoms. The van der Waals surface area contributed by atoms with Crippen LogP contribution in [0.25, 0.3) is 0 Å². The summed E-state index contributed by atoms with van der Waals surface area (Å²) < 4.78 is 0. The van der Waals surface area contributed by atoms with Gasteiger partial charge in [0.15, 0.2) is 0 Å². The molecule has 0 heterocycles. The van der Waals surface area contributed by atoms with Gasteiger partial charge in [0.1, 0.15) is 0 Å². The van der Waals surface area contributed by atoms with E-state index in [9.17, 15) is 0 Å². The molecule has 0 aromatic heterocycles. The van der Waals surface area contributed by atoms with Crippen molar-refractivity contribution in [1.82, 2.24) is 5.59 Å². The number of hydrogen-bond acceptors (Lipinski definition) is 3. The zero-order chi connectivity index (χ0) is 6.41. The van der Waals surface area contributed by atoms with Crippen molar-refractivity contribution in [2.75, 3.05) is 6.61 Å². The van der Waals surface area contributed by atoms with Crippen LogP contribution in [-0.4, -0.2) is 12.6 Å². The fourth-order valence-electron chi connectivity index (χ4n) is 0.150. The van der Waals surface area contributed by atoms with Gasteiger partial charge in [0.2, 0.25) is 5.96 Å². The van der Waals surface area contributed by atoms with Crippen molar-refractivity contribution in [1.29, 1.82) is 0 Å². The van der Waals surface area contributed by atoms with E-state index in [4.69, 9.17) is 11.5 Å². The van der Waals surface area contributed by atoms with Gasteiger partial charge < -0.3 is 11.5 Å². The highest BCUT2D eigenvalue weighted by Gasteiger charge is 1.74. The maximum Gasteiger partial charge on any atom is 0.210 e. The van der Waals surface area contributed by atoms with Gasteiger partial charge >= 0.3 is 0 Å². The lowest BCUT2D eigenvalue weighted by molar-refractivity contribution is 0.0530. The van der Waals surface area contributed by atoms with E-state index in [2.05, 4.69) is 15.5 Å². The second-order valence-electron chi connectivity index (χ2n) is 1.06. The number of nitrogens with two attached hydrogens (primary N) is 2. The van der Waals surface area contributed by atoms with Crippen molar-refractivity contribution in [2.24, 2.45) is 16.6 Å². The molecule has 0 saturated carbocycles. The highest BCUT2D eigenvalue weighted by molar-refractivity contribution is 5.75. The van der Waals surface area contributed by atoms with E-state index in [1.165, 1.54) is 0 Å². The van der Waals surface area contributed by atoms with E-state index in [0.29, 0.717) is 6.61 Å². The molecule has 0 aromatic carbocycles. The lowest BCUT2D eigenvalue weighted by atomic mass is 10.9. The lowest BCUT2D eigenvalue weighted by Gasteiger charge is -1.95. The molecular weight excluding hydrogens is 108 g/mol. The molecule has 0 bridgehead atoms. The summed E-state index contributed by atoms with van der Waals surface area (Å²) >= 11 is 0. The summed E-state index contributed by atoms with van der Waals surface area (Å²) in [5, 5.41) is 3.31. The third-order valence-corrected chi connectivity index (χ3v) is 0.384. The standard InChI is InChI=1S/C3H10N4O/c1-2-8-7-6-3(4)5/h7H,2H2,1H3,(H4,4,5,6). The molecule has 0 aliphatic rings. The first-order valence-electron chi connectivity index (χ1n) is 2.22. The van der Waals surface area contributed by atoms with Crippen LogP contribution < -0.4 is 17.1 Å². The Bertz CT molecular complexity index is 77.4. The van der Waals surface area contributed by atoms with Crippen molar-refractivity contribution in [3.63, 3.8) is 0 Å². The summed E-state index contributed by atoms with van der Waals surface area (Å²) in [6.45, 7) is 2.34. The van der Waals surface area contributed by atoms with Crippen molar-refractivity contribution >= 4 is 5.96 Å². The van der Waals surface area contributed by atoms with Gasteiger partial charge in [-0.1, -0.05) is 0 Å². The van der Waals surface area contributed by atoms with Crippen LogP contribution >= 0.6 is 0 Å². The normalized spacial score (nSPS) is 8.12. The SMILES string of the molecule is CCONN=C(N)N. The molecule has 0 saturated heterocycles. The van der Waals surface area contributed by atoms with Crippen LogP contribution in [0.5, 0.6) is 0 Å². The summed E-state index contributed by atoms with van der Waals surface area (Å²) in [5.74, 6) is -0.0431. The molecular formula is C3H10N4O. The first-order valence-corrected chi connectivity index (χ1v) is 2.22. The number of nitrogens with one attached hydrogen (secondary N) is 1. The van der Waals surface area contributed by atoms with Gasteiger partial charge in [-0.25, -0.2) is 0 Å². The Morgan fingerprint density at radius 2 is 2.38 bits per heavy atom. The maximum absolute atomic E-state index is 4.92. The highest BCUT2D eigenvalue weighted by atomic mass is 16.7. The van der Waals surface area contributed by atoms with Gasteiger partial charge in [0.25, 0.3) is 0 Å².